The van der Waals surface area contributed by atoms with Crippen molar-refractivity contribution in [3.05, 3.63) is 58.5 Å². The molecule has 0 unspecified atom stereocenters. The molecule has 3 rings (SSSR count). The van der Waals surface area contributed by atoms with Crippen molar-refractivity contribution >= 4 is 24.0 Å². The fourth-order valence-electron chi connectivity index (χ4n) is 2.57. The summed E-state index contributed by atoms with van der Waals surface area (Å²) in [7, 11) is 0. The Morgan fingerprint density at radius 2 is 2.00 bits per heavy atom. The molecule has 1 saturated heterocycles. The Morgan fingerprint density at radius 3 is 2.74 bits per heavy atom. The van der Waals surface area contributed by atoms with Crippen molar-refractivity contribution in [3.63, 3.8) is 0 Å². The summed E-state index contributed by atoms with van der Waals surface area (Å²) in [5.74, 6) is 0.303. The van der Waals surface area contributed by atoms with Gasteiger partial charge in [0, 0.05) is 23.2 Å². The van der Waals surface area contributed by atoms with Gasteiger partial charge in [0.2, 0.25) is 5.88 Å². The second kappa shape index (κ2) is 8.48. The lowest BCUT2D eigenvalue weighted by Gasteiger charge is -2.23. The molecule has 1 aliphatic rings. The standard InChI is InChI=1S/C17H18ClFN2O.ClH/c18-13-5-4-12(16(19)11-13)10-14-2-1-3-17(21-14)22-15-6-8-20-9-7-15;/h1-5,11,15,20H,6-10H2;1H. The summed E-state index contributed by atoms with van der Waals surface area (Å²) >= 11 is 5.77. The minimum absolute atomic E-state index is 0. The molecule has 0 aliphatic carbocycles. The lowest BCUT2D eigenvalue weighted by molar-refractivity contribution is 0.155. The summed E-state index contributed by atoms with van der Waals surface area (Å²) in [5.41, 5.74) is 1.36. The topological polar surface area (TPSA) is 34.1 Å². The Morgan fingerprint density at radius 1 is 1.22 bits per heavy atom. The fourth-order valence-corrected chi connectivity index (χ4v) is 2.72. The molecule has 2 heterocycles. The number of benzene rings is 1. The van der Waals surface area contributed by atoms with Gasteiger partial charge in [-0.1, -0.05) is 23.7 Å². The number of ether oxygens (including phenoxy) is 1. The Labute approximate surface area is 146 Å². The largest absolute Gasteiger partial charge is 0.474 e. The predicted octanol–water partition coefficient (Wildman–Crippen LogP) is 4.02. The average Bonchev–Trinajstić information content (AvgIpc) is 2.52. The Hall–Kier alpha value is -1.36. The number of piperidine rings is 1. The molecule has 1 aromatic carbocycles. The van der Waals surface area contributed by atoms with Gasteiger partial charge >= 0.3 is 0 Å². The molecule has 23 heavy (non-hydrogen) atoms. The lowest BCUT2D eigenvalue weighted by Crippen LogP contribution is -2.34. The third kappa shape index (κ3) is 5.06. The van der Waals surface area contributed by atoms with Crippen molar-refractivity contribution in [1.82, 2.24) is 10.3 Å². The van der Waals surface area contributed by atoms with Crippen LogP contribution in [-0.2, 0) is 6.42 Å². The molecule has 0 radical (unpaired) electrons. The van der Waals surface area contributed by atoms with E-state index in [2.05, 4.69) is 10.3 Å². The van der Waals surface area contributed by atoms with Crippen molar-refractivity contribution in [3.8, 4) is 5.88 Å². The molecule has 2 aromatic rings. The van der Waals surface area contributed by atoms with Crippen molar-refractivity contribution in [1.29, 1.82) is 0 Å². The van der Waals surface area contributed by atoms with Crippen LogP contribution in [0.15, 0.2) is 36.4 Å². The normalized spacial score (nSPS) is 15.0. The van der Waals surface area contributed by atoms with E-state index >= 15 is 0 Å². The van der Waals surface area contributed by atoms with Crippen LogP contribution in [0, 0.1) is 5.82 Å². The quantitative estimate of drug-likeness (QED) is 0.898. The third-order valence-electron chi connectivity index (χ3n) is 3.74. The van der Waals surface area contributed by atoms with Gasteiger partial charge < -0.3 is 10.1 Å². The summed E-state index contributed by atoms with van der Waals surface area (Å²) < 4.78 is 19.8. The SMILES string of the molecule is Cl.Fc1cc(Cl)ccc1Cc1cccc(OC2CCNCC2)n1. The van der Waals surface area contributed by atoms with Crippen LogP contribution < -0.4 is 10.1 Å². The summed E-state index contributed by atoms with van der Waals surface area (Å²) in [4.78, 5) is 4.48. The number of halogens is 3. The molecule has 0 bridgehead atoms. The number of rotatable bonds is 4. The monoisotopic (exact) mass is 356 g/mol. The van der Waals surface area contributed by atoms with Crippen LogP contribution >= 0.6 is 24.0 Å². The zero-order chi connectivity index (χ0) is 15.4. The molecule has 3 nitrogen and oxygen atoms in total. The van der Waals surface area contributed by atoms with Crippen molar-refractivity contribution in [2.75, 3.05) is 13.1 Å². The average molecular weight is 357 g/mol. The van der Waals surface area contributed by atoms with Gasteiger partial charge in [-0.05, 0) is 49.7 Å². The van der Waals surface area contributed by atoms with Crippen LogP contribution in [0.3, 0.4) is 0 Å². The molecule has 1 aliphatic heterocycles. The highest BCUT2D eigenvalue weighted by molar-refractivity contribution is 6.30. The first-order chi connectivity index (χ1) is 10.7. The van der Waals surface area contributed by atoms with E-state index in [1.165, 1.54) is 6.07 Å². The van der Waals surface area contributed by atoms with Gasteiger partial charge in [0.1, 0.15) is 11.9 Å². The molecule has 1 N–H and O–H groups in total. The third-order valence-corrected chi connectivity index (χ3v) is 3.98. The van der Waals surface area contributed by atoms with Gasteiger partial charge in [0.05, 0.1) is 0 Å². The van der Waals surface area contributed by atoms with Crippen LogP contribution in [0.4, 0.5) is 4.39 Å². The molecule has 1 fully saturated rings. The smallest absolute Gasteiger partial charge is 0.213 e. The molecular formula is C17H19Cl2FN2O. The Kier molecular flexibility index (Phi) is 6.63. The van der Waals surface area contributed by atoms with Crippen LogP contribution in [0.1, 0.15) is 24.1 Å². The molecule has 0 saturated carbocycles. The summed E-state index contributed by atoms with van der Waals surface area (Å²) in [5, 5.41) is 3.70. The Bertz CT molecular complexity index is 648. The Balaban J connectivity index is 0.00000192. The molecule has 0 amide bonds. The van der Waals surface area contributed by atoms with Gasteiger partial charge in [0.15, 0.2) is 0 Å². The van der Waals surface area contributed by atoms with Crippen molar-refractivity contribution in [2.24, 2.45) is 0 Å². The number of nitrogens with zero attached hydrogens (tertiary/aromatic N) is 1. The zero-order valence-corrected chi connectivity index (χ0v) is 14.2. The van der Waals surface area contributed by atoms with E-state index in [1.807, 2.05) is 18.2 Å². The van der Waals surface area contributed by atoms with Crippen LogP contribution in [0.25, 0.3) is 0 Å². The van der Waals surface area contributed by atoms with Gasteiger partial charge in [-0.2, -0.15) is 0 Å². The van der Waals surface area contributed by atoms with E-state index in [9.17, 15) is 4.39 Å². The number of nitrogens with one attached hydrogen (secondary N) is 1. The first kappa shape index (κ1) is 18.0. The maximum absolute atomic E-state index is 13.9. The molecule has 0 atom stereocenters. The minimum Gasteiger partial charge on any atom is -0.474 e. The van der Waals surface area contributed by atoms with Crippen LogP contribution in [0.2, 0.25) is 5.02 Å². The van der Waals surface area contributed by atoms with Gasteiger partial charge in [-0.15, -0.1) is 12.4 Å². The molecule has 1 aromatic heterocycles. The van der Waals surface area contributed by atoms with E-state index in [0.717, 1.165) is 31.6 Å². The van der Waals surface area contributed by atoms with Gasteiger partial charge in [-0.25, -0.2) is 9.37 Å². The van der Waals surface area contributed by atoms with Crippen molar-refractivity contribution in [2.45, 2.75) is 25.4 Å². The maximum Gasteiger partial charge on any atom is 0.213 e. The van der Waals surface area contributed by atoms with Crippen LogP contribution in [0.5, 0.6) is 5.88 Å². The fraction of sp³-hybridized carbons (Fsp3) is 0.353. The first-order valence-electron chi connectivity index (χ1n) is 7.48. The van der Waals surface area contributed by atoms with E-state index < -0.39 is 0 Å². The highest BCUT2D eigenvalue weighted by Gasteiger charge is 2.15. The number of hydrogen-bond donors (Lipinski definition) is 1. The molecular weight excluding hydrogens is 338 g/mol. The first-order valence-corrected chi connectivity index (χ1v) is 7.86. The summed E-state index contributed by atoms with van der Waals surface area (Å²) in [6.45, 7) is 1.95. The van der Waals surface area contributed by atoms with Gasteiger partial charge in [0.25, 0.3) is 0 Å². The summed E-state index contributed by atoms with van der Waals surface area (Å²) in [6.07, 6.45) is 2.60. The lowest BCUT2D eigenvalue weighted by atomic mass is 10.1. The van der Waals surface area contributed by atoms with E-state index in [4.69, 9.17) is 16.3 Å². The number of pyridine rings is 1. The second-order valence-corrected chi connectivity index (χ2v) is 5.88. The molecule has 124 valence electrons. The molecule has 6 heteroatoms. The van der Waals surface area contributed by atoms with E-state index in [1.54, 1.807) is 12.1 Å². The highest BCUT2D eigenvalue weighted by atomic mass is 35.5. The maximum atomic E-state index is 13.9. The second-order valence-electron chi connectivity index (χ2n) is 5.45. The minimum atomic E-state index is -0.307. The molecule has 0 spiro atoms. The van der Waals surface area contributed by atoms with Crippen molar-refractivity contribution < 1.29 is 9.13 Å². The van der Waals surface area contributed by atoms with Crippen LogP contribution in [-0.4, -0.2) is 24.2 Å². The van der Waals surface area contributed by atoms with E-state index in [-0.39, 0.29) is 24.3 Å². The number of aromatic nitrogens is 1. The predicted molar refractivity (Wildman–Crippen MR) is 92.2 cm³/mol. The zero-order valence-electron chi connectivity index (χ0n) is 12.6. The van der Waals surface area contributed by atoms with Gasteiger partial charge in [-0.3, -0.25) is 0 Å². The van der Waals surface area contributed by atoms with E-state index in [0.29, 0.717) is 22.9 Å². The summed E-state index contributed by atoms with van der Waals surface area (Å²) in [6, 6.07) is 10.3. The number of hydrogen-bond acceptors (Lipinski definition) is 3. The highest BCUT2D eigenvalue weighted by Crippen LogP contribution is 2.19.